The third-order valence-corrected chi connectivity index (χ3v) is 6.32. The molecule has 26 heavy (non-hydrogen) atoms. The van der Waals surface area contributed by atoms with Crippen molar-refractivity contribution in [1.29, 1.82) is 0 Å². The summed E-state index contributed by atoms with van der Waals surface area (Å²) in [6, 6.07) is 14.3. The monoisotopic (exact) mass is 435 g/mol. The highest BCUT2D eigenvalue weighted by atomic mass is 79.9. The number of aryl methyl sites for hydroxylation is 1. The summed E-state index contributed by atoms with van der Waals surface area (Å²) in [5.41, 5.74) is 1.92. The highest BCUT2D eigenvalue weighted by Crippen LogP contribution is 2.22. The molecule has 0 fully saturated rings. The van der Waals surface area contributed by atoms with Gasteiger partial charge in [0.25, 0.3) is 0 Å². The number of rotatable bonds is 6. The lowest BCUT2D eigenvalue weighted by Crippen LogP contribution is -2.30. The molecule has 3 aromatic rings. The number of benzene rings is 2. The van der Waals surface area contributed by atoms with Gasteiger partial charge in [0.05, 0.1) is 11.4 Å². The molecule has 0 radical (unpaired) electrons. The summed E-state index contributed by atoms with van der Waals surface area (Å²) in [7, 11) is -3.64. The van der Waals surface area contributed by atoms with Crippen LogP contribution in [0.3, 0.4) is 0 Å². The maximum Gasteiger partial charge on any atom is 0.243 e. The molecule has 0 aliphatic carbocycles. The van der Waals surface area contributed by atoms with Crippen LogP contribution in [-0.4, -0.2) is 29.4 Å². The molecule has 1 heterocycles. The van der Waals surface area contributed by atoms with Crippen LogP contribution in [0.15, 0.2) is 62.4 Å². The smallest absolute Gasteiger partial charge is 0.243 e. The Bertz CT molecular complexity index is 1000. The molecule has 0 unspecified atom stereocenters. The van der Waals surface area contributed by atoms with Crippen molar-refractivity contribution in [1.82, 2.24) is 14.4 Å². The number of hydrogen-bond acceptors (Lipinski definition) is 5. The van der Waals surface area contributed by atoms with Gasteiger partial charge in [-0.25, -0.2) is 8.42 Å². The first-order chi connectivity index (χ1) is 12.4. The van der Waals surface area contributed by atoms with Gasteiger partial charge in [-0.2, -0.15) is 9.29 Å². The molecular weight excluding hydrogens is 418 g/mol. The van der Waals surface area contributed by atoms with Crippen LogP contribution >= 0.6 is 15.9 Å². The van der Waals surface area contributed by atoms with Crippen LogP contribution < -0.4 is 0 Å². The summed E-state index contributed by atoms with van der Waals surface area (Å²) >= 11 is 3.31. The van der Waals surface area contributed by atoms with Crippen LogP contribution in [0.25, 0.3) is 11.4 Å². The number of halogens is 1. The molecule has 0 N–H and O–H groups in total. The van der Waals surface area contributed by atoms with Crippen molar-refractivity contribution in [3.63, 3.8) is 0 Å². The third-order valence-electron chi connectivity index (χ3n) is 3.86. The Morgan fingerprint density at radius 2 is 1.88 bits per heavy atom. The molecule has 0 saturated heterocycles. The van der Waals surface area contributed by atoms with Gasteiger partial charge in [0.15, 0.2) is 0 Å². The molecule has 0 atom stereocenters. The van der Waals surface area contributed by atoms with Gasteiger partial charge in [-0.1, -0.05) is 51.8 Å². The molecule has 0 bridgehead atoms. The molecule has 0 amide bonds. The van der Waals surface area contributed by atoms with E-state index < -0.39 is 10.0 Å². The molecule has 6 nitrogen and oxygen atoms in total. The molecule has 0 aliphatic heterocycles. The molecule has 0 saturated carbocycles. The number of sulfonamides is 1. The predicted molar refractivity (Wildman–Crippen MR) is 102 cm³/mol. The van der Waals surface area contributed by atoms with Gasteiger partial charge in [0.1, 0.15) is 0 Å². The summed E-state index contributed by atoms with van der Waals surface area (Å²) < 4.78 is 33.0. The van der Waals surface area contributed by atoms with Crippen molar-refractivity contribution in [2.75, 3.05) is 6.54 Å². The van der Waals surface area contributed by atoms with E-state index in [-0.39, 0.29) is 17.3 Å². The second-order valence-electron chi connectivity index (χ2n) is 5.77. The van der Waals surface area contributed by atoms with Gasteiger partial charge in [-0.3, -0.25) is 0 Å². The van der Waals surface area contributed by atoms with Gasteiger partial charge in [0, 0.05) is 16.6 Å². The van der Waals surface area contributed by atoms with Gasteiger partial charge in [-0.05, 0) is 37.3 Å². The van der Waals surface area contributed by atoms with E-state index in [1.807, 2.05) is 31.2 Å². The average molecular weight is 436 g/mol. The van der Waals surface area contributed by atoms with Gasteiger partial charge < -0.3 is 4.52 Å². The van der Waals surface area contributed by atoms with Crippen LogP contribution in [0.1, 0.15) is 18.4 Å². The minimum atomic E-state index is -3.64. The standard InChI is InChI=1S/C18H18BrN3O3S/c1-3-22(26(23,24)16-9-7-15(19)8-10-16)12-17-20-18(21-25-17)14-6-4-5-13(2)11-14/h4-11H,3,12H2,1-2H3. The maximum atomic E-state index is 12.8. The van der Waals surface area contributed by atoms with E-state index in [0.717, 1.165) is 15.6 Å². The van der Waals surface area contributed by atoms with Gasteiger partial charge in [0.2, 0.25) is 21.7 Å². The fraction of sp³-hybridized carbons (Fsp3) is 0.222. The van der Waals surface area contributed by atoms with E-state index >= 15 is 0 Å². The van der Waals surface area contributed by atoms with E-state index in [0.29, 0.717) is 12.4 Å². The molecule has 8 heteroatoms. The van der Waals surface area contributed by atoms with E-state index in [9.17, 15) is 8.42 Å². The van der Waals surface area contributed by atoms with Crippen LogP contribution in [0.2, 0.25) is 0 Å². The lowest BCUT2D eigenvalue weighted by Gasteiger charge is -2.18. The summed E-state index contributed by atoms with van der Waals surface area (Å²) in [5, 5.41) is 3.97. The first-order valence-corrected chi connectivity index (χ1v) is 10.3. The highest BCUT2D eigenvalue weighted by molar-refractivity contribution is 9.10. The Hall–Kier alpha value is -2.03. The van der Waals surface area contributed by atoms with Crippen LogP contribution in [0, 0.1) is 6.92 Å². The van der Waals surface area contributed by atoms with Crippen molar-refractivity contribution in [3.8, 4) is 11.4 Å². The Morgan fingerprint density at radius 3 is 2.54 bits per heavy atom. The fourth-order valence-electron chi connectivity index (χ4n) is 2.49. The summed E-state index contributed by atoms with van der Waals surface area (Å²) in [5.74, 6) is 0.699. The van der Waals surface area contributed by atoms with E-state index in [1.54, 1.807) is 31.2 Å². The van der Waals surface area contributed by atoms with E-state index in [4.69, 9.17) is 4.52 Å². The topological polar surface area (TPSA) is 76.3 Å². The predicted octanol–water partition coefficient (Wildman–Crippen LogP) is 4.02. The summed E-state index contributed by atoms with van der Waals surface area (Å²) in [4.78, 5) is 4.56. The molecule has 0 aliphatic rings. The van der Waals surface area contributed by atoms with Crippen LogP contribution in [-0.2, 0) is 16.6 Å². The van der Waals surface area contributed by atoms with Gasteiger partial charge in [-0.15, -0.1) is 0 Å². The van der Waals surface area contributed by atoms with E-state index in [2.05, 4.69) is 26.1 Å². The number of nitrogens with zero attached hydrogens (tertiary/aromatic N) is 3. The Balaban J connectivity index is 1.83. The molecule has 1 aromatic heterocycles. The lowest BCUT2D eigenvalue weighted by atomic mass is 10.1. The first-order valence-electron chi connectivity index (χ1n) is 8.05. The SMILES string of the molecule is CCN(Cc1nc(-c2cccc(C)c2)no1)S(=O)(=O)c1ccc(Br)cc1. The molecule has 0 spiro atoms. The molecule has 2 aromatic carbocycles. The zero-order valence-electron chi connectivity index (χ0n) is 14.4. The first kappa shape index (κ1) is 18.8. The fourth-order valence-corrected chi connectivity index (χ4v) is 4.16. The highest BCUT2D eigenvalue weighted by Gasteiger charge is 2.25. The van der Waals surface area contributed by atoms with Crippen molar-refractivity contribution < 1.29 is 12.9 Å². The molecule has 136 valence electrons. The number of aromatic nitrogens is 2. The second-order valence-corrected chi connectivity index (χ2v) is 8.62. The zero-order chi connectivity index (χ0) is 18.7. The average Bonchev–Trinajstić information content (AvgIpc) is 3.08. The van der Waals surface area contributed by atoms with E-state index in [1.165, 1.54) is 4.31 Å². The van der Waals surface area contributed by atoms with Crippen molar-refractivity contribution >= 4 is 26.0 Å². The quantitative estimate of drug-likeness (QED) is 0.584. The molecular formula is C18H18BrN3O3S. The Morgan fingerprint density at radius 1 is 1.15 bits per heavy atom. The summed E-state index contributed by atoms with van der Waals surface area (Å²) in [6.07, 6.45) is 0. The van der Waals surface area contributed by atoms with Crippen molar-refractivity contribution in [2.24, 2.45) is 0 Å². The summed E-state index contributed by atoms with van der Waals surface area (Å²) in [6.45, 7) is 4.07. The largest absolute Gasteiger partial charge is 0.338 e. The minimum absolute atomic E-state index is 0.0215. The third kappa shape index (κ3) is 4.03. The molecule has 3 rings (SSSR count). The van der Waals surface area contributed by atoms with Gasteiger partial charge >= 0.3 is 0 Å². The minimum Gasteiger partial charge on any atom is -0.338 e. The number of hydrogen-bond donors (Lipinski definition) is 0. The second kappa shape index (κ2) is 7.69. The Labute approximate surface area is 161 Å². The maximum absolute atomic E-state index is 12.8. The van der Waals surface area contributed by atoms with Crippen LogP contribution in [0.4, 0.5) is 0 Å². The lowest BCUT2D eigenvalue weighted by molar-refractivity contribution is 0.321. The normalized spacial score (nSPS) is 11.8. The van der Waals surface area contributed by atoms with Crippen LogP contribution in [0.5, 0.6) is 0 Å². The van der Waals surface area contributed by atoms with Crippen molar-refractivity contribution in [2.45, 2.75) is 25.3 Å². The zero-order valence-corrected chi connectivity index (χ0v) is 16.8. The van der Waals surface area contributed by atoms with Crippen molar-refractivity contribution in [3.05, 3.63) is 64.5 Å². The Kier molecular flexibility index (Phi) is 5.55.